The van der Waals surface area contributed by atoms with Crippen molar-refractivity contribution in [1.29, 1.82) is 0 Å². The molecule has 22 heavy (non-hydrogen) atoms. The van der Waals surface area contributed by atoms with E-state index in [1.165, 1.54) is 0 Å². The molecule has 2 aliphatic heterocycles. The normalized spacial score (nSPS) is 53.5. The molecule has 0 aliphatic carbocycles. The Morgan fingerprint density at radius 3 is 2.36 bits per heavy atom. The Labute approximate surface area is 128 Å². The van der Waals surface area contributed by atoms with Gasteiger partial charge in [0.15, 0.2) is 12.6 Å². The van der Waals surface area contributed by atoms with Crippen LogP contribution in [0.25, 0.3) is 0 Å². The molecule has 2 fully saturated rings. The van der Waals surface area contributed by atoms with Crippen LogP contribution in [0.5, 0.6) is 0 Å². The molecule has 2 heterocycles. The van der Waals surface area contributed by atoms with Crippen molar-refractivity contribution in [2.24, 2.45) is 5.73 Å². The molecule has 0 aromatic heterocycles. The number of rotatable bonds is 3. The third kappa shape index (κ3) is 3.42. The van der Waals surface area contributed by atoms with Crippen molar-refractivity contribution >= 4 is 0 Å². The summed E-state index contributed by atoms with van der Waals surface area (Å²) in [6.45, 7) is 2.73. The first-order chi connectivity index (χ1) is 10.2. The van der Waals surface area contributed by atoms with Gasteiger partial charge in [-0.05, 0) is 13.8 Å². The predicted molar refractivity (Wildman–Crippen MR) is 72.4 cm³/mol. The Morgan fingerprint density at radius 2 is 1.82 bits per heavy atom. The minimum absolute atomic E-state index is 0.133. The molecular weight excluding hydrogens is 298 g/mol. The third-order valence-corrected chi connectivity index (χ3v) is 4.24. The molecule has 130 valence electrons. The van der Waals surface area contributed by atoms with Gasteiger partial charge in [0, 0.05) is 12.0 Å². The summed E-state index contributed by atoms with van der Waals surface area (Å²) in [5, 5.41) is 48.7. The van der Waals surface area contributed by atoms with E-state index < -0.39 is 61.3 Å². The zero-order chi connectivity index (χ0) is 16.7. The highest BCUT2D eigenvalue weighted by Crippen LogP contribution is 2.31. The molecule has 2 saturated heterocycles. The summed E-state index contributed by atoms with van der Waals surface area (Å²) >= 11 is 0. The predicted octanol–water partition coefficient (Wildman–Crippen LogP) is -2.98. The fourth-order valence-corrected chi connectivity index (χ4v) is 2.85. The Morgan fingerprint density at radius 1 is 1.18 bits per heavy atom. The largest absolute Gasteiger partial charge is 0.394 e. The van der Waals surface area contributed by atoms with E-state index in [2.05, 4.69) is 0 Å². The first-order valence-corrected chi connectivity index (χ1v) is 7.25. The summed E-state index contributed by atoms with van der Waals surface area (Å²) in [7, 11) is 0. The molecule has 9 unspecified atom stereocenters. The Kier molecular flexibility index (Phi) is 5.42. The van der Waals surface area contributed by atoms with E-state index in [9.17, 15) is 20.4 Å². The second-order valence-corrected chi connectivity index (χ2v) is 6.26. The van der Waals surface area contributed by atoms with Crippen molar-refractivity contribution in [3.8, 4) is 0 Å². The highest BCUT2D eigenvalue weighted by Gasteiger charge is 2.48. The van der Waals surface area contributed by atoms with E-state index >= 15 is 0 Å². The maximum Gasteiger partial charge on any atom is 0.184 e. The van der Waals surface area contributed by atoms with E-state index in [0.29, 0.717) is 0 Å². The lowest BCUT2D eigenvalue weighted by atomic mass is 9.86. The van der Waals surface area contributed by atoms with Crippen LogP contribution in [-0.2, 0) is 14.2 Å². The topological polar surface area (TPSA) is 155 Å². The van der Waals surface area contributed by atoms with Gasteiger partial charge in [-0.2, -0.15) is 0 Å². The second kappa shape index (κ2) is 6.63. The molecule has 9 atom stereocenters. The monoisotopic (exact) mass is 323 g/mol. The zero-order valence-electron chi connectivity index (χ0n) is 12.6. The van der Waals surface area contributed by atoms with Crippen molar-refractivity contribution in [1.82, 2.24) is 0 Å². The molecule has 9 nitrogen and oxygen atoms in total. The fraction of sp³-hybridized carbons (Fsp3) is 1.00. The first-order valence-electron chi connectivity index (χ1n) is 7.25. The van der Waals surface area contributed by atoms with Gasteiger partial charge in [-0.15, -0.1) is 0 Å². The van der Waals surface area contributed by atoms with Crippen LogP contribution in [0, 0.1) is 0 Å². The summed E-state index contributed by atoms with van der Waals surface area (Å²) in [6, 6.07) is 0. The lowest BCUT2D eigenvalue weighted by molar-refractivity contribution is -0.339. The third-order valence-electron chi connectivity index (χ3n) is 4.24. The Hall–Kier alpha value is -0.360. The number of ether oxygens (including phenoxy) is 3. The molecular formula is C13H25NO8. The highest BCUT2D eigenvalue weighted by molar-refractivity contribution is 4.96. The van der Waals surface area contributed by atoms with Crippen LogP contribution in [0.15, 0.2) is 0 Å². The summed E-state index contributed by atoms with van der Waals surface area (Å²) in [5.41, 5.74) is 5.04. The molecule has 2 aliphatic rings. The molecule has 0 saturated carbocycles. The van der Waals surface area contributed by atoms with Gasteiger partial charge in [0.05, 0.1) is 18.8 Å². The Balaban J connectivity index is 2.04. The van der Waals surface area contributed by atoms with Crippen LogP contribution in [0.2, 0.25) is 0 Å². The summed E-state index contributed by atoms with van der Waals surface area (Å²) in [5.74, 6) is 0. The summed E-state index contributed by atoms with van der Waals surface area (Å²) in [6.07, 6.45) is -9.00. The fourth-order valence-electron chi connectivity index (χ4n) is 2.85. The summed E-state index contributed by atoms with van der Waals surface area (Å²) in [4.78, 5) is 0. The molecule has 0 radical (unpaired) electrons. The van der Waals surface area contributed by atoms with Crippen molar-refractivity contribution < 1.29 is 39.7 Å². The smallest absolute Gasteiger partial charge is 0.184 e. The average molecular weight is 323 g/mol. The number of nitrogens with two attached hydrogens (primary N) is 1. The first kappa shape index (κ1) is 18.0. The van der Waals surface area contributed by atoms with Crippen LogP contribution in [0.3, 0.4) is 0 Å². The van der Waals surface area contributed by atoms with E-state index in [4.69, 9.17) is 25.1 Å². The number of aliphatic hydroxyl groups excluding tert-OH is 5. The molecule has 7 N–H and O–H groups in total. The van der Waals surface area contributed by atoms with Gasteiger partial charge in [-0.3, -0.25) is 0 Å². The molecule has 9 heteroatoms. The number of aliphatic hydroxyl groups is 5. The van der Waals surface area contributed by atoms with Gasteiger partial charge in [-0.25, -0.2) is 0 Å². The van der Waals surface area contributed by atoms with Crippen molar-refractivity contribution in [2.45, 2.75) is 75.0 Å². The van der Waals surface area contributed by atoms with Gasteiger partial charge in [0.25, 0.3) is 0 Å². The molecule has 0 spiro atoms. The maximum absolute atomic E-state index is 10.0. The second-order valence-electron chi connectivity index (χ2n) is 6.26. The van der Waals surface area contributed by atoms with E-state index in [1.54, 1.807) is 13.8 Å². The van der Waals surface area contributed by atoms with Gasteiger partial charge < -0.3 is 45.5 Å². The van der Waals surface area contributed by atoms with E-state index in [0.717, 1.165) is 0 Å². The Bertz CT molecular complexity index is 381. The van der Waals surface area contributed by atoms with Crippen molar-refractivity contribution in [3.63, 3.8) is 0 Å². The zero-order valence-corrected chi connectivity index (χ0v) is 12.6. The van der Waals surface area contributed by atoms with Crippen LogP contribution in [0.4, 0.5) is 0 Å². The lowest BCUT2D eigenvalue weighted by Crippen LogP contribution is -2.63. The quantitative estimate of drug-likeness (QED) is 0.319. The lowest BCUT2D eigenvalue weighted by Gasteiger charge is -2.46. The summed E-state index contributed by atoms with van der Waals surface area (Å²) < 4.78 is 16.0. The van der Waals surface area contributed by atoms with Gasteiger partial charge in [0.1, 0.15) is 24.4 Å². The van der Waals surface area contributed by atoms with Gasteiger partial charge in [-0.1, -0.05) is 0 Å². The maximum atomic E-state index is 10.0. The minimum Gasteiger partial charge on any atom is -0.394 e. The average Bonchev–Trinajstić information content (AvgIpc) is 2.44. The van der Waals surface area contributed by atoms with Gasteiger partial charge in [0.2, 0.25) is 0 Å². The van der Waals surface area contributed by atoms with Crippen LogP contribution in [0.1, 0.15) is 20.3 Å². The molecule has 0 bridgehead atoms. The number of hydrogen-bond donors (Lipinski definition) is 6. The van der Waals surface area contributed by atoms with Crippen molar-refractivity contribution in [2.75, 3.05) is 6.61 Å². The van der Waals surface area contributed by atoms with Crippen molar-refractivity contribution in [3.05, 3.63) is 0 Å². The van der Waals surface area contributed by atoms with Crippen LogP contribution in [-0.4, -0.2) is 86.9 Å². The van der Waals surface area contributed by atoms with E-state index in [1.807, 2.05) is 0 Å². The van der Waals surface area contributed by atoms with E-state index in [-0.39, 0.29) is 6.42 Å². The van der Waals surface area contributed by atoms with Gasteiger partial charge >= 0.3 is 0 Å². The SMILES string of the molecule is CC1OC(OC2C(O)OC(CO)C(O)C2O)CC(C)(N)C1O. The number of hydrogen-bond acceptors (Lipinski definition) is 9. The molecule has 0 aromatic rings. The molecule has 0 aromatic carbocycles. The highest BCUT2D eigenvalue weighted by atomic mass is 16.7. The molecule has 0 amide bonds. The molecule has 2 rings (SSSR count). The van der Waals surface area contributed by atoms with Crippen LogP contribution < -0.4 is 5.73 Å². The standard InChI is InChI=1S/C13H25NO8/c1-5-11(18)13(2,14)3-7(20-5)22-10-9(17)8(16)6(4-15)21-12(10)19/h5-12,15-19H,3-4,14H2,1-2H3. The van der Waals surface area contributed by atoms with Crippen LogP contribution >= 0.6 is 0 Å². The minimum atomic E-state index is -1.54.